The molecule has 1 fully saturated rings. The molecule has 1 saturated carbocycles. The van der Waals surface area contributed by atoms with Crippen molar-refractivity contribution in [3.05, 3.63) is 34.9 Å². The maximum atomic E-state index is 12.4. The molecule has 1 N–H and O–H groups in total. The van der Waals surface area contributed by atoms with Crippen molar-refractivity contribution in [3.63, 3.8) is 0 Å². The summed E-state index contributed by atoms with van der Waals surface area (Å²) in [6.07, 6.45) is -4.04. The van der Waals surface area contributed by atoms with Crippen molar-refractivity contribution in [3.8, 4) is 0 Å². The van der Waals surface area contributed by atoms with Crippen molar-refractivity contribution in [2.45, 2.75) is 25.4 Å². The summed E-state index contributed by atoms with van der Waals surface area (Å²) >= 11 is 0. The van der Waals surface area contributed by atoms with Gasteiger partial charge < -0.3 is 5.11 Å². The van der Waals surface area contributed by atoms with E-state index in [9.17, 15) is 18.0 Å². The fourth-order valence-electron chi connectivity index (χ4n) is 2.08. The van der Waals surface area contributed by atoms with Gasteiger partial charge >= 0.3 is 12.1 Å². The van der Waals surface area contributed by atoms with Crippen LogP contribution in [0.1, 0.15) is 33.8 Å². The van der Waals surface area contributed by atoms with Gasteiger partial charge in [-0.3, -0.25) is 0 Å². The van der Waals surface area contributed by atoms with Gasteiger partial charge in [-0.25, -0.2) is 4.79 Å². The van der Waals surface area contributed by atoms with Crippen LogP contribution in [0.2, 0.25) is 0 Å². The Morgan fingerprint density at radius 2 is 2.06 bits per heavy atom. The Kier molecular flexibility index (Phi) is 2.64. The highest BCUT2D eigenvalue weighted by molar-refractivity contribution is 5.89. The fourth-order valence-corrected chi connectivity index (χ4v) is 2.08. The Labute approximate surface area is 96.1 Å². The van der Waals surface area contributed by atoms with Crippen molar-refractivity contribution in [1.29, 1.82) is 0 Å². The van der Waals surface area contributed by atoms with Crippen LogP contribution in [0.15, 0.2) is 18.2 Å². The summed E-state index contributed by atoms with van der Waals surface area (Å²) in [4.78, 5) is 10.8. The van der Waals surface area contributed by atoms with Crippen LogP contribution in [0.5, 0.6) is 0 Å². The molecular formula is C12H11F3O2. The molecule has 2 nitrogen and oxygen atoms in total. The molecule has 0 amide bonds. The molecular weight excluding hydrogens is 233 g/mol. The van der Waals surface area contributed by atoms with Gasteiger partial charge in [-0.15, -0.1) is 0 Å². The maximum Gasteiger partial charge on any atom is 0.392 e. The number of carbonyl (C=O) groups is 1. The highest BCUT2D eigenvalue weighted by atomic mass is 19.4. The lowest BCUT2D eigenvalue weighted by molar-refractivity contribution is -0.148. The minimum absolute atomic E-state index is 0.107. The molecule has 1 aromatic carbocycles. The van der Waals surface area contributed by atoms with Crippen LogP contribution in [0.25, 0.3) is 0 Å². The van der Waals surface area contributed by atoms with Crippen LogP contribution in [0.3, 0.4) is 0 Å². The standard InChI is InChI=1S/C12H11F3O2/c1-6-4-7(2-3-8(6)11(16)17)9-5-10(9)12(13,14)15/h2-4,9-10H,5H2,1H3,(H,16,17)/t9-,10-/m1/s1. The molecule has 0 bridgehead atoms. The monoisotopic (exact) mass is 244 g/mol. The first kappa shape index (κ1) is 12.0. The molecule has 0 radical (unpaired) electrons. The lowest BCUT2D eigenvalue weighted by Gasteiger charge is -2.07. The number of hydrogen-bond acceptors (Lipinski definition) is 1. The van der Waals surface area contributed by atoms with Gasteiger partial charge in [0, 0.05) is 0 Å². The van der Waals surface area contributed by atoms with Crippen molar-refractivity contribution in [1.82, 2.24) is 0 Å². The molecule has 0 aliphatic heterocycles. The number of alkyl halides is 3. The highest BCUT2D eigenvalue weighted by Crippen LogP contribution is 2.56. The smallest absolute Gasteiger partial charge is 0.392 e. The number of carboxylic acids is 1. The minimum atomic E-state index is -4.15. The third-order valence-corrected chi connectivity index (χ3v) is 3.12. The van der Waals surface area contributed by atoms with E-state index in [-0.39, 0.29) is 12.0 Å². The van der Waals surface area contributed by atoms with Gasteiger partial charge in [-0.1, -0.05) is 12.1 Å². The second-order valence-electron chi connectivity index (χ2n) is 4.37. The van der Waals surface area contributed by atoms with E-state index in [1.807, 2.05) is 0 Å². The predicted octanol–water partition coefficient (Wildman–Crippen LogP) is 3.36. The van der Waals surface area contributed by atoms with Crippen molar-refractivity contribution in [2.75, 3.05) is 0 Å². The Balaban J connectivity index is 2.21. The lowest BCUT2D eigenvalue weighted by atomic mass is 10.0. The Bertz CT molecular complexity index is 465. The van der Waals surface area contributed by atoms with E-state index in [0.29, 0.717) is 11.1 Å². The van der Waals surface area contributed by atoms with Gasteiger partial charge in [0.25, 0.3) is 0 Å². The number of hydrogen-bond donors (Lipinski definition) is 1. The number of aryl methyl sites for hydroxylation is 1. The molecule has 1 aliphatic carbocycles. The molecule has 0 saturated heterocycles. The Hall–Kier alpha value is -1.52. The van der Waals surface area contributed by atoms with E-state index in [1.165, 1.54) is 12.1 Å². The van der Waals surface area contributed by atoms with E-state index >= 15 is 0 Å². The summed E-state index contributed by atoms with van der Waals surface area (Å²) in [6, 6.07) is 4.39. The number of rotatable bonds is 2. The lowest BCUT2D eigenvalue weighted by Crippen LogP contribution is -2.11. The average molecular weight is 244 g/mol. The largest absolute Gasteiger partial charge is 0.478 e. The summed E-state index contributed by atoms with van der Waals surface area (Å²) in [5.41, 5.74) is 1.22. The van der Waals surface area contributed by atoms with Gasteiger partial charge in [-0.2, -0.15) is 13.2 Å². The number of halogens is 3. The van der Waals surface area contributed by atoms with Gasteiger partial charge in [0.2, 0.25) is 0 Å². The molecule has 5 heteroatoms. The van der Waals surface area contributed by atoms with Crippen LogP contribution in [0.4, 0.5) is 13.2 Å². The Morgan fingerprint density at radius 3 is 2.47 bits per heavy atom. The summed E-state index contributed by atoms with van der Waals surface area (Å²) < 4.78 is 37.2. The first-order valence-corrected chi connectivity index (χ1v) is 5.21. The molecule has 0 heterocycles. The topological polar surface area (TPSA) is 37.3 Å². The van der Waals surface area contributed by atoms with E-state index in [1.54, 1.807) is 13.0 Å². The van der Waals surface area contributed by atoms with Crippen molar-refractivity contribution >= 4 is 5.97 Å². The molecule has 1 aliphatic rings. The van der Waals surface area contributed by atoms with Crippen molar-refractivity contribution in [2.24, 2.45) is 5.92 Å². The number of aromatic carboxylic acids is 1. The van der Waals surface area contributed by atoms with Gasteiger partial charge in [0.15, 0.2) is 0 Å². The van der Waals surface area contributed by atoms with Crippen LogP contribution in [-0.4, -0.2) is 17.3 Å². The zero-order chi connectivity index (χ0) is 12.8. The van der Waals surface area contributed by atoms with Gasteiger partial charge in [-0.05, 0) is 36.5 Å². The SMILES string of the molecule is Cc1cc([C@H]2C[C@H]2C(F)(F)F)ccc1C(=O)O. The van der Waals surface area contributed by atoms with E-state index in [4.69, 9.17) is 5.11 Å². The summed E-state index contributed by atoms with van der Waals surface area (Å²) in [7, 11) is 0. The predicted molar refractivity (Wildman–Crippen MR) is 55.0 cm³/mol. The summed E-state index contributed by atoms with van der Waals surface area (Å²) in [6.45, 7) is 1.60. The molecule has 0 spiro atoms. The molecule has 92 valence electrons. The van der Waals surface area contributed by atoms with E-state index < -0.39 is 24.0 Å². The molecule has 2 atom stereocenters. The van der Waals surface area contributed by atoms with Crippen LogP contribution >= 0.6 is 0 Å². The van der Waals surface area contributed by atoms with Crippen molar-refractivity contribution < 1.29 is 23.1 Å². The molecule has 1 aromatic rings. The third-order valence-electron chi connectivity index (χ3n) is 3.12. The van der Waals surface area contributed by atoms with Gasteiger partial charge in [0.1, 0.15) is 0 Å². The summed E-state index contributed by atoms with van der Waals surface area (Å²) in [5, 5.41) is 8.81. The average Bonchev–Trinajstić information content (AvgIpc) is 2.95. The molecule has 17 heavy (non-hydrogen) atoms. The quantitative estimate of drug-likeness (QED) is 0.866. The normalized spacial score (nSPS) is 23.5. The summed E-state index contributed by atoms with van der Waals surface area (Å²) in [5.74, 6) is -2.83. The second kappa shape index (κ2) is 3.75. The molecule has 0 unspecified atom stereocenters. The second-order valence-corrected chi connectivity index (χ2v) is 4.37. The fraction of sp³-hybridized carbons (Fsp3) is 0.417. The minimum Gasteiger partial charge on any atom is -0.478 e. The zero-order valence-electron chi connectivity index (χ0n) is 9.08. The molecule has 2 rings (SSSR count). The first-order valence-electron chi connectivity index (χ1n) is 5.21. The van der Waals surface area contributed by atoms with Crippen LogP contribution < -0.4 is 0 Å². The first-order chi connectivity index (χ1) is 7.80. The number of benzene rings is 1. The Morgan fingerprint density at radius 1 is 1.41 bits per heavy atom. The number of carboxylic acid groups (broad SMARTS) is 1. The van der Waals surface area contributed by atoms with Gasteiger partial charge in [0.05, 0.1) is 11.5 Å². The van der Waals surface area contributed by atoms with E-state index in [0.717, 1.165) is 0 Å². The van der Waals surface area contributed by atoms with Crippen LogP contribution in [0, 0.1) is 12.8 Å². The maximum absolute atomic E-state index is 12.4. The highest BCUT2D eigenvalue weighted by Gasteiger charge is 2.56. The van der Waals surface area contributed by atoms with Crippen LogP contribution in [-0.2, 0) is 0 Å². The zero-order valence-corrected chi connectivity index (χ0v) is 9.08. The van der Waals surface area contributed by atoms with E-state index in [2.05, 4.69) is 0 Å². The third kappa shape index (κ3) is 2.28. The molecule has 0 aromatic heterocycles.